The number of nitrogens with zero attached hydrogens (tertiary/aromatic N) is 2. The van der Waals surface area contributed by atoms with E-state index in [9.17, 15) is 0 Å². The monoisotopic (exact) mass is 398 g/mol. The molecule has 2 aliphatic rings. The molecule has 0 saturated carbocycles. The van der Waals surface area contributed by atoms with E-state index in [1.54, 1.807) is 0 Å². The van der Waals surface area contributed by atoms with Gasteiger partial charge in [0.05, 0.1) is 22.2 Å². The second-order valence-electron chi connectivity index (χ2n) is 9.09. The summed E-state index contributed by atoms with van der Waals surface area (Å²) in [7, 11) is -0.353. The Labute approximate surface area is 178 Å². The lowest BCUT2D eigenvalue weighted by Gasteiger charge is -2.32. The van der Waals surface area contributed by atoms with Gasteiger partial charge in [0.1, 0.15) is 5.82 Å². The van der Waals surface area contributed by atoms with E-state index in [-0.39, 0.29) is 18.3 Å². The van der Waals surface area contributed by atoms with Gasteiger partial charge < -0.3 is 9.31 Å². The summed E-state index contributed by atoms with van der Waals surface area (Å²) < 4.78 is 14.7. The number of hydrogen-bond donors (Lipinski definition) is 0. The summed E-state index contributed by atoms with van der Waals surface area (Å²) in [6.45, 7) is 8.32. The molecular weight excluding hydrogens is 371 g/mol. The molecular formula is C25H27BN2O2. The number of para-hydroxylation sites is 2. The largest absolute Gasteiger partial charge is 0.494 e. The summed E-state index contributed by atoms with van der Waals surface area (Å²) in [5.74, 6) is 0.971. The van der Waals surface area contributed by atoms with Gasteiger partial charge in [-0.1, -0.05) is 48.6 Å². The molecule has 3 aromatic rings. The fraction of sp³-hybridized carbons (Fsp3) is 0.320. The van der Waals surface area contributed by atoms with Gasteiger partial charge in [0.25, 0.3) is 0 Å². The van der Waals surface area contributed by atoms with E-state index >= 15 is 0 Å². The highest BCUT2D eigenvalue weighted by Crippen LogP contribution is 2.37. The fourth-order valence-corrected chi connectivity index (χ4v) is 4.06. The van der Waals surface area contributed by atoms with Gasteiger partial charge in [0.2, 0.25) is 0 Å². The van der Waals surface area contributed by atoms with Gasteiger partial charge >= 0.3 is 7.12 Å². The highest BCUT2D eigenvalue weighted by atomic mass is 16.7. The fourth-order valence-electron chi connectivity index (χ4n) is 4.06. The van der Waals surface area contributed by atoms with Crippen LogP contribution in [-0.4, -0.2) is 27.9 Å². The maximum absolute atomic E-state index is 6.20. The third-order valence-electron chi connectivity index (χ3n) is 6.53. The quantitative estimate of drug-likeness (QED) is 0.570. The van der Waals surface area contributed by atoms with Crippen LogP contribution in [0.4, 0.5) is 0 Å². The van der Waals surface area contributed by atoms with E-state index < -0.39 is 0 Å². The van der Waals surface area contributed by atoms with Crippen molar-refractivity contribution >= 4 is 29.3 Å². The summed E-state index contributed by atoms with van der Waals surface area (Å²) in [6.07, 6.45) is 8.61. The molecule has 0 N–H and O–H groups in total. The van der Waals surface area contributed by atoms with E-state index in [1.807, 2.05) is 6.07 Å². The number of hydrogen-bond acceptors (Lipinski definition) is 3. The Bertz CT molecular complexity index is 1140. The van der Waals surface area contributed by atoms with Crippen molar-refractivity contribution in [3.8, 4) is 11.4 Å². The molecule has 2 heterocycles. The van der Waals surface area contributed by atoms with Crippen LogP contribution in [0.5, 0.6) is 0 Å². The maximum Gasteiger partial charge on any atom is 0.494 e. The van der Waals surface area contributed by atoms with E-state index in [0.717, 1.165) is 40.7 Å². The third kappa shape index (κ3) is 3.13. The first kappa shape index (κ1) is 19.3. The van der Waals surface area contributed by atoms with Crippen molar-refractivity contribution < 1.29 is 9.31 Å². The summed E-state index contributed by atoms with van der Waals surface area (Å²) in [5.41, 5.74) is 4.86. The molecule has 5 rings (SSSR count). The van der Waals surface area contributed by atoms with Gasteiger partial charge in [-0.05, 0) is 64.2 Å². The van der Waals surface area contributed by atoms with Crippen LogP contribution in [0.3, 0.4) is 0 Å². The molecule has 0 atom stereocenters. The molecule has 0 unspecified atom stereocenters. The van der Waals surface area contributed by atoms with E-state index in [2.05, 4.69) is 93.0 Å². The zero-order chi connectivity index (χ0) is 20.9. The van der Waals surface area contributed by atoms with Crippen molar-refractivity contribution in [1.82, 2.24) is 9.55 Å². The van der Waals surface area contributed by atoms with Gasteiger partial charge in [0.15, 0.2) is 0 Å². The number of allylic oxidation sites excluding steroid dienone is 4. The average Bonchev–Trinajstić information content (AvgIpc) is 3.23. The van der Waals surface area contributed by atoms with Gasteiger partial charge in [0, 0.05) is 11.3 Å². The minimum Gasteiger partial charge on any atom is -0.399 e. The first-order valence-electron chi connectivity index (χ1n) is 10.7. The van der Waals surface area contributed by atoms with Crippen LogP contribution in [-0.2, 0) is 9.31 Å². The average molecular weight is 398 g/mol. The Morgan fingerprint density at radius 2 is 1.63 bits per heavy atom. The van der Waals surface area contributed by atoms with Crippen molar-refractivity contribution in [2.75, 3.05) is 0 Å². The molecule has 0 radical (unpaired) electrons. The number of benzene rings is 2. The Morgan fingerprint density at radius 3 is 2.30 bits per heavy atom. The third-order valence-corrected chi connectivity index (χ3v) is 6.53. The molecule has 0 amide bonds. The lowest BCUT2D eigenvalue weighted by molar-refractivity contribution is 0.00578. The van der Waals surface area contributed by atoms with Crippen LogP contribution in [0.25, 0.3) is 28.1 Å². The second kappa shape index (κ2) is 6.97. The van der Waals surface area contributed by atoms with Gasteiger partial charge in [-0.25, -0.2) is 4.98 Å². The number of imidazole rings is 1. The van der Waals surface area contributed by atoms with Crippen LogP contribution < -0.4 is 5.46 Å². The first-order valence-corrected chi connectivity index (χ1v) is 10.7. The lowest BCUT2D eigenvalue weighted by atomic mass is 9.79. The SMILES string of the molecule is CC1(C)OB(c2ccc(-c3nc4ccccc4n3C3=CC=CCC3)cc2)OC1(C)C. The normalized spacial score (nSPS) is 20.0. The molecule has 30 heavy (non-hydrogen) atoms. The zero-order valence-corrected chi connectivity index (χ0v) is 18.1. The molecule has 5 heteroatoms. The second-order valence-corrected chi connectivity index (χ2v) is 9.09. The molecule has 152 valence electrons. The van der Waals surface area contributed by atoms with Gasteiger partial charge in [-0.15, -0.1) is 0 Å². The maximum atomic E-state index is 6.20. The molecule has 2 aromatic carbocycles. The minimum atomic E-state index is -0.353. The van der Waals surface area contributed by atoms with Crippen molar-refractivity contribution in [2.45, 2.75) is 51.7 Å². The predicted molar refractivity (Wildman–Crippen MR) is 124 cm³/mol. The number of aromatic nitrogens is 2. The van der Waals surface area contributed by atoms with Crippen LogP contribution in [0.15, 0.2) is 66.8 Å². The van der Waals surface area contributed by atoms with Crippen molar-refractivity contribution in [3.05, 3.63) is 66.8 Å². The molecule has 1 aromatic heterocycles. The minimum absolute atomic E-state index is 0.342. The van der Waals surface area contributed by atoms with Crippen LogP contribution in [0, 0.1) is 0 Å². The highest BCUT2D eigenvalue weighted by molar-refractivity contribution is 6.62. The van der Waals surface area contributed by atoms with E-state index in [1.165, 1.54) is 5.70 Å². The smallest absolute Gasteiger partial charge is 0.399 e. The van der Waals surface area contributed by atoms with Crippen molar-refractivity contribution in [2.24, 2.45) is 0 Å². The lowest BCUT2D eigenvalue weighted by Crippen LogP contribution is -2.41. The summed E-state index contributed by atoms with van der Waals surface area (Å²) in [4.78, 5) is 4.97. The standard InChI is InChI=1S/C25H27BN2O2/c1-24(2)25(3,4)30-26(29-24)19-16-14-18(15-17-19)23-27-21-12-8-9-13-22(21)28(23)20-10-6-5-7-11-20/h5-6,8-10,12-17H,7,11H2,1-4H3. The predicted octanol–water partition coefficient (Wildman–Crippen LogP) is 5.19. The summed E-state index contributed by atoms with van der Waals surface area (Å²) in [5, 5.41) is 0. The molecule has 1 fully saturated rings. The van der Waals surface area contributed by atoms with Gasteiger partial charge in [-0.2, -0.15) is 0 Å². The Hall–Kier alpha value is -2.63. The van der Waals surface area contributed by atoms with Crippen LogP contribution in [0.2, 0.25) is 0 Å². The number of fused-ring (bicyclic) bond motifs is 1. The van der Waals surface area contributed by atoms with E-state index in [0.29, 0.717) is 0 Å². The zero-order valence-electron chi connectivity index (χ0n) is 18.1. The Kier molecular flexibility index (Phi) is 4.49. The molecule has 1 aliphatic heterocycles. The van der Waals surface area contributed by atoms with Crippen LogP contribution >= 0.6 is 0 Å². The van der Waals surface area contributed by atoms with Crippen LogP contribution in [0.1, 0.15) is 40.5 Å². The number of rotatable bonds is 3. The Morgan fingerprint density at radius 1 is 0.933 bits per heavy atom. The highest BCUT2D eigenvalue weighted by Gasteiger charge is 2.51. The van der Waals surface area contributed by atoms with Crippen molar-refractivity contribution in [3.63, 3.8) is 0 Å². The molecule has 1 aliphatic carbocycles. The molecule has 0 bridgehead atoms. The van der Waals surface area contributed by atoms with Crippen molar-refractivity contribution in [1.29, 1.82) is 0 Å². The Balaban J connectivity index is 1.54. The summed E-state index contributed by atoms with van der Waals surface area (Å²) in [6, 6.07) is 16.8. The molecule has 0 spiro atoms. The molecule has 1 saturated heterocycles. The summed E-state index contributed by atoms with van der Waals surface area (Å²) >= 11 is 0. The topological polar surface area (TPSA) is 36.3 Å². The van der Waals surface area contributed by atoms with Gasteiger partial charge in [-0.3, -0.25) is 4.57 Å². The van der Waals surface area contributed by atoms with E-state index in [4.69, 9.17) is 14.3 Å². The first-order chi connectivity index (χ1) is 14.4. The molecule has 4 nitrogen and oxygen atoms in total.